The zero-order valence-electron chi connectivity index (χ0n) is 25.9. The van der Waals surface area contributed by atoms with Crippen molar-refractivity contribution in [2.45, 2.75) is 26.7 Å². The van der Waals surface area contributed by atoms with Crippen LogP contribution in [0.15, 0.2) is 121 Å². The molecule has 6 rings (SSSR count). The van der Waals surface area contributed by atoms with Crippen LogP contribution in [-0.2, 0) is 19.8 Å². The average Bonchev–Trinajstić information content (AvgIpc) is 3.36. The van der Waals surface area contributed by atoms with Crippen molar-refractivity contribution in [1.82, 2.24) is 4.57 Å². The number of halogens is 2. The number of ether oxygens (including phenoxy) is 4. The van der Waals surface area contributed by atoms with E-state index in [9.17, 15) is 0 Å². The molecule has 0 amide bonds. The number of hydrogen-bond donors (Lipinski definition) is 0. The van der Waals surface area contributed by atoms with Crippen LogP contribution in [-0.4, -0.2) is 23.6 Å². The highest BCUT2D eigenvalue weighted by Gasteiger charge is 2.18. The number of aryl methyl sites for hydroxylation is 1. The molecular weight excluding hydrogens is 706 g/mol. The highest BCUT2D eigenvalue weighted by molar-refractivity contribution is 9.09. The zero-order chi connectivity index (χ0) is 31.0. The maximum atomic E-state index is 6.22. The first-order chi connectivity index (χ1) is 22.1. The van der Waals surface area contributed by atoms with E-state index in [4.69, 9.17) is 18.9 Å². The fourth-order valence-electron chi connectivity index (χ4n) is 5.58. The molecule has 0 aliphatic carbocycles. The molecule has 0 fully saturated rings. The van der Waals surface area contributed by atoms with Crippen LogP contribution in [0.4, 0.5) is 0 Å². The van der Waals surface area contributed by atoms with Gasteiger partial charge in [-0.2, -0.15) is 0 Å². The molecule has 0 atom stereocenters. The molecule has 1 aromatic heterocycles. The molecule has 6 aromatic rings. The summed E-state index contributed by atoms with van der Waals surface area (Å²) in [6.45, 7) is 4.47. The Balaban J connectivity index is 0.00000417. The minimum atomic E-state index is 0. The van der Waals surface area contributed by atoms with Gasteiger partial charge >= 0.3 is 0 Å². The number of aromatic nitrogens is 1. The summed E-state index contributed by atoms with van der Waals surface area (Å²) in [6, 6.07) is 41.4. The van der Waals surface area contributed by atoms with E-state index in [1.165, 1.54) is 5.56 Å². The van der Waals surface area contributed by atoms with E-state index in [1.807, 2.05) is 54.6 Å². The first kappa shape index (κ1) is 33.2. The normalized spacial score (nSPS) is 10.8. The molecule has 0 radical (unpaired) electrons. The molecule has 0 bridgehead atoms. The molecule has 0 aliphatic rings. The molecule has 46 heavy (non-hydrogen) atoms. The van der Waals surface area contributed by atoms with Gasteiger partial charge in [-0.1, -0.05) is 82.7 Å². The van der Waals surface area contributed by atoms with Crippen LogP contribution in [0.3, 0.4) is 0 Å². The van der Waals surface area contributed by atoms with Crippen LogP contribution in [0.25, 0.3) is 22.2 Å². The largest absolute Gasteiger partial charge is 0.493 e. The quantitative estimate of drug-likeness (QED) is 0.111. The van der Waals surface area contributed by atoms with Crippen LogP contribution in [0.2, 0.25) is 0 Å². The predicted molar refractivity (Wildman–Crippen MR) is 195 cm³/mol. The van der Waals surface area contributed by atoms with Crippen molar-refractivity contribution in [1.29, 1.82) is 0 Å². The maximum Gasteiger partial charge on any atom is 0.161 e. The second kappa shape index (κ2) is 15.9. The van der Waals surface area contributed by atoms with Crippen molar-refractivity contribution in [2.75, 3.05) is 19.0 Å². The van der Waals surface area contributed by atoms with Gasteiger partial charge in [0.2, 0.25) is 0 Å². The van der Waals surface area contributed by atoms with E-state index in [1.54, 1.807) is 7.11 Å². The van der Waals surface area contributed by atoms with Gasteiger partial charge in [-0.05, 0) is 89.3 Å². The number of benzene rings is 5. The number of fused-ring (bicyclic) bond motifs is 1. The summed E-state index contributed by atoms with van der Waals surface area (Å²) in [7, 11) is 1.68. The summed E-state index contributed by atoms with van der Waals surface area (Å²) < 4.78 is 26.3. The smallest absolute Gasteiger partial charge is 0.161 e. The van der Waals surface area contributed by atoms with E-state index in [-0.39, 0.29) is 17.0 Å². The molecule has 0 N–H and O–H groups in total. The van der Waals surface area contributed by atoms with Gasteiger partial charge in [0.05, 0.1) is 19.4 Å². The van der Waals surface area contributed by atoms with Crippen LogP contribution in [0, 0.1) is 6.92 Å². The zero-order valence-corrected chi connectivity index (χ0v) is 29.2. The number of alkyl halides is 1. The summed E-state index contributed by atoms with van der Waals surface area (Å²) >= 11 is 3.43. The van der Waals surface area contributed by atoms with Crippen LogP contribution in [0.1, 0.15) is 22.3 Å². The summed E-state index contributed by atoms with van der Waals surface area (Å²) in [6.07, 6.45) is 0. The number of rotatable bonds is 13. The van der Waals surface area contributed by atoms with Gasteiger partial charge in [0, 0.05) is 22.8 Å². The molecule has 5 nitrogen and oxygen atoms in total. The molecule has 1 heterocycles. The van der Waals surface area contributed by atoms with Gasteiger partial charge in [-0.25, -0.2) is 0 Å². The minimum Gasteiger partial charge on any atom is -0.493 e. The van der Waals surface area contributed by atoms with Gasteiger partial charge < -0.3 is 23.5 Å². The lowest BCUT2D eigenvalue weighted by atomic mass is 10.1. The molecule has 236 valence electrons. The lowest BCUT2D eigenvalue weighted by Crippen LogP contribution is -2.04. The summed E-state index contributed by atoms with van der Waals surface area (Å²) in [5.41, 5.74) is 7.99. The number of methoxy groups -OCH3 is 1. The number of hydrogen-bond acceptors (Lipinski definition) is 4. The third kappa shape index (κ3) is 7.77. The molecule has 5 aromatic carbocycles. The van der Waals surface area contributed by atoms with Crippen LogP contribution < -0.4 is 18.9 Å². The van der Waals surface area contributed by atoms with Crippen molar-refractivity contribution in [3.05, 3.63) is 144 Å². The second-order valence-electron chi connectivity index (χ2n) is 10.8. The fraction of sp³-hybridized carbons (Fsp3) is 0.179. The van der Waals surface area contributed by atoms with E-state index >= 15 is 0 Å². The van der Waals surface area contributed by atoms with Crippen LogP contribution >= 0.6 is 32.9 Å². The molecule has 0 unspecified atom stereocenters. The van der Waals surface area contributed by atoms with E-state index < -0.39 is 0 Å². The summed E-state index contributed by atoms with van der Waals surface area (Å²) in [5.74, 6) is 3.14. The van der Waals surface area contributed by atoms with E-state index in [2.05, 4.69) is 94.2 Å². The van der Waals surface area contributed by atoms with Gasteiger partial charge in [-0.3, -0.25) is 0 Å². The Morgan fingerprint density at radius 1 is 0.630 bits per heavy atom. The molecule has 0 aliphatic heterocycles. The Labute approximate surface area is 289 Å². The molecular formula is C39H37Br2NO4. The standard InChI is InChI=1S/C39H36BrNO4.BrH/c1-28-35-24-34(45-27-30-11-7-4-8-12-30)18-19-36(35)41(25-31-13-20-37(43-22-21-40)38(23-31)42-2)39(28)32-14-16-33(17-15-32)44-26-29-9-5-3-6-10-29;/h3-20,23-24H,21-22,25-27H2,1-2H3;1H. The lowest BCUT2D eigenvalue weighted by molar-refractivity contribution is 0.306. The van der Waals surface area contributed by atoms with E-state index in [0.29, 0.717) is 26.4 Å². The van der Waals surface area contributed by atoms with Crippen molar-refractivity contribution in [3.63, 3.8) is 0 Å². The minimum absolute atomic E-state index is 0. The van der Waals surface area contributed by atoms with Crippen molar-refractivity contribution >= 4 is 43.8 Å². The highest BCUT2D eigenvalue weighted by Crippen LogP contribution is 2.37. The summed E-state index contributed by atoms with van der Waals surface area (Å²) in [4.78, 5) is 0. The lowest BCUT2D eigenvalue weighted by Gasteiger charge is -2.15. The predicted octanol–water partition coefficient (Wildman–Crippen LogP) is 10.2. The first-order valence-corrected chi connectivity index (χ1v) is 16.2. The fourth-order valence-corrected chi connectivity index (χ4v) is 5.74. The Morgan fingerprint density at radius 2 is 1.26 bits per heavy atom. The SMILES string of the molecule is Br.COc1cc(Cn2c(-c3ccc(OCc4ccccc4)cc3)c(C)c3cc(OCc4ccccc4)ccc32)ccc1OCCBr. The first-order valence-electron chi connectivity index (χ1n) is 15.1. The van der Waals surface area contributed by atoms with E-state index in [0.717, 1.165) is 67.2 Å². The van der Waals surface area contributed by atoms with Crippen molar-refractivity contribution in [3.8, 4) is 34.3 Å². The Morgan fingerprint density at radius 3 is 1.89 bits per heavy atom. The summed E-state index contributed by atoms with van der Waals surface area (Å²) in [5, 5.41) is 1.91. The maximum absolute atomic E-state index is 6.22. The monoisotopic (exact) mass is 741 g/mol. The van der Waals surface area contributed by atoms with Gasteiger partial charge in [-0.15, -0.1) is 17.0 Å². The Hall–Kier alpha value is -4.20. The Kier molecular flexibility index (Phi) is 11.4. The van der Waals surface area contributed by atoms with Crippen molar-refractivity contribution < 1.29 is 18.9 Å². The van der Waals surface area contributed by atoms with Crippen molar-refractivity contribution in [2.24, 2.45) is 0 Å². The average molecular weight is 744 g/mol. The highest BCUT2D eigenvalue weighted by atomic mass is 79.9. The second-order valence-corrected chi connectivity index (χ2v) is 11.6. The Bertz CT molecular complexity index is 1860. The topological polar surface area (TPSA) is 41.9 Å². The number of nitrogens with zero attached hydrogens (tertiary/aromatic N) is 1. The third-order valence-electron chi connectivity index (χ3n) is 7.82. The van der Waals surface area contributed by atoms with Gasteiger partial charge in [0.25, 0.3) is 0 Å². The van der Waals surface area contributed by atoms with Crippen LogP contribution in [0.5, 0.6) is 23.0 Å². The molecule has 7 heteroatoms. The molecule has 0 saturated heterocycles. The molecule has 0 spiro atoms. The third-order valence-corrected chi connectivity index (χ3v) is 8.14. The van der Waals surface area contributed by atoms with Gasteiger partial charge in [0.15, 0.2) is 11.5 Å². The molecule has 0 saturated carbocycles. The van der Waals surface area contributed by atoms with Gasteiger partial charge in [0.1, 0.15) is 24.7 Å².